The lowest BCUT2D eigenvalue weighted by Gasteiger charge is -2.34. The van der Waals surface area contributed by atoms with E-state index in [2.05, 4.69) is 45.3 Å². The van der Waals surface area contributed by atoms with Gasteiger partial charge in [-0.25, -0.2) is 4.98 Å². The van der Waals surface area contributed by atoms with Crippen molar-refractivity contribution in [1.29, 1.82) is 0 Å². The number of aromatic nitrogens is 3. The Bertz CT molecular complexity index is 1440. The quantitative estimate of drug-likeness (QED) is 0.459. The highest BCUT2D eigenvalue weighted by molar-refractivity contribution is 6.31. The summed E-state index contributed by atoms with van der Waals surface area (Å²) in [5.74, 6) is 0.460. The highest BCUT2D eigenvalue weighted by atomic mass is 35.5. The number of piperazine rings is 1. The van der Waals surface area contributed by atoms with Gasteiger partial charge >= 0.3 is 0 Å². The molecule has 1 unspecified atom stereocenters. The molecule has 3 heterocycles. The first-order valence-electron chi connectivity index (χ1n) is 12.0. The summed E-state index contributed by atoms with van der Waals surface area (Å²) < 4.78 is 1.77. The van der Waals surface area contributed by atoms with Crippen molar-refractivity contribution >= 4 is 40.0 Å². The third-order valence-electron chi connectivity index (χ3n) is 7.13. The van der Waals surface area contributed by atoms with E-state index in [4.69, 9.17) is 16.6 Å². The number of likely N-dealkylation sites (N-methyl/N-ethyl adjacent to an activating group) is 1. The Morgan fingerprint density at radius 3 is 2.60 bits per heavy atom. The Labute approximate surface area is 209 Å². The Morgan fingerprint density at radius 1 is 1.00 bits per heavy atom. The maximum atomic E-state index is 13.1. The largest absolute Gasteiger partial charge is 0.369 e. The molecule has 1 aliphatic heterocycles. The van der Waals surface area contributed by atoms with E-state index >= 15 is 0 Å². The average molecular weight is 487 g/mol. The fraction of sp³-hybridized carbons (Fsp3) is 0.296. The maximum absolute atomic E-state index is 13.1. The summed E-state index contributed by atoms with van der Waals surface area (Å²) in [5, 5.41) is 4.83. The molecule has 2 aromatic heterocycles. The molecule has 2 aliphatic rings. The normalized spacial score (nSPS) is 18.1. The zero-order valence-electron chi connectivity index (χ0n) is 19.6. The predicted molar refractivity (Wildman–Crippen MR) is 141 cm³/mol. The van der Waals surface area contributed by atoms with Gasteiger partial charge in [0.05, 0.1) is 6.04 Å². The first kappa shape index (κ1) is 22.1. The SMILES string of the molecule is CN1CCN(c2ccc(Nc3ncc4ccc(=O)n(C5CCc6cccc(Cl)c65)c4n3)cc2)CC1. The lowest BCUT2D eigenvalue weighted by molar-refractivity contribution is 0.313. The molecule has 178 valence electrons. The number of nitrogens with one attached hydrogen (secondary N) is 1. The van der Waals surface area contributed by atoms with Crippen molar-refractivity contribution in [2.75, 3.05) is 43.4 Å². The molecule has 0 amide bonds. The van der Waals surface area contributed by atoms with Crippen molar-refractivity contribution in [3.63, 3.8) is 0 Å². The van der Waals surface area contributed by atoms with Crippen LogP contribution in [-0.4, -0.2) is 52.7 Å². The van der Waals surface area contributed by atoms with Gasteiger partial charge < -0.3 is 15.1 Å². The first-order chi connectivity index (χ1) is 17.1. The predicted octanol–water partition coefficient (Wildman–Crippen LogP) is 4.48. The molecule has 1 N–H and O–H groups in total. The van der Waals surface area contributed by atoms with Crippen LogP contribution in [0.3, 0.4) is 0 Å². The number of anilines is 3. The summed E-state index contributed by atoms with van der Waals surface area (Å²) in [7, 11) is 2.16. The van der Waals surface area contributed by atoms with E-state index in [0.29, 0.717) is 16.6 Å². The molecular weight excluding hydrogens is 460 g/mol. The first-order valence-corrected chi connectivity index (χ1v) is 12.4. The molecule has 8 heteroatoms. The van der Waals surface area contributed by atoms with E-state index < -0.39 is 0 Å². The highest BCUT2D eigenvalue weighted by Crippen LogP contribution is 2.39. The zero-order chi connectivity index (χ0) is 23.9. The fourth-order valence-corrected chi connectivity index (χ4v) is 5.54. The second kappa shape index (κ2) is 8.98. The third kappa shape index (κ3) is 4.15. The second-order valence-electron chi connectivity index (χ2n) is 9.34. The topological polar surface area (TPSA) is 66.3 Å². The lowest BCUT2D eigenvalue weighted by atomic mass is 10.1. The fourth-order valence-electron chi connectivity index (χ4n) is 5.22. The van der Waals surface area contributed by atoms with Crippen LogP contribution in [0.5, 0.6) is 0 Å². The molecule has 1 aliphatic carbocycles. The van der Waals surface area contributed by atoms with E-state index in [1.807, 2.05) is 24.3 Å². The van der Waals surface area contributed by atoms with Gasteiger partial charge in [-0.2, -0.15) is 4.98 Å². The number of pyridine rings is 1. The number of hydrogen-bond donors (Lipinski definition) is 1. The van der Waals surface area contributed by atoms with Crippen LogP contribution < -0.4 is 15.8 Å². The van der Waals surface area contributed by atoms with Crippen LogP contribution in [0.1, 0.15) is 23.6 Å². The molecule has 0 spiro atoms. The Morgan fingerprint density at radius 2 is 1.80 bits per heavy atom. The highest BCUT2D eigenvalue weighted by Gasteiger charge is 2.28. The number of nitrogens with zero attached hydrogens (tertiary/aromatic N) is 5. The minimum absolute atomic E-state index is 0.0866. The Hall–Kier alpha value is -3.42. The van der Waals surface area contributed by atoms with Crippen LogP contribution in [-0.2, 0) is 6.42 Å². The monoisotopic (exact) mass is 486 g/mol. The molecule has 7 nitrogen and oxygen atoms in total. The molecule has 0 bridgehead atoms. The van der Waals surface area contributed by atoms with E-state index in [0.717, 1.165) is 55.7 Å². The third-order valence-corrected chi connectivity index (χ3v) is 7.46. The number of aryl methyl sites for hydroxylation is 1. The molecule has 35 heavy (non-hydrogen) atoms. The van der Waals surface area contributed by atoms with Gasteiger partial charge in [0.25, 0.3) is 5.56 Å². The number of hydrogen-bond acceptors (Lipinski definition) is 6. The molecule has 6 rings (SSSR count). The smallest absolute Gasteiger partial charge is 0.252 e. The van der Waals surface area contributed by atoms with Gasteiger partial charge in [0.1, 0.15) is 5.65 Å². The van der Waals surface area contributed by atoms with Gasteiger partial charge in [-0.05, 0) is 67.4 Å². The van der Waals surface area contributed by atoms with Crippen molar-refractivity contribution in [3.8, 4) is 0 Å². The van der Waals surface area contributed by atoms with Crippen molar-refractivity contribution in [1.82, 2.24) is 19.4 Å². The van der Waals surface area contributed by atoms with Gasteiger partial charge in [-0.1, -0.05) is 23.7 Å². The van der Waals surface area contributed by atoms with E-state index in [-0.39, 0.29) is 11.6 Å². The van der Waals surface area contributed by atoms with Crippen molar-refractivity contribution < 1.29 is 0 Å². The summed E-state index contributed by atoms with van der Waals surface area (Å²) in [4.78, 5) is 27.1. The Balaban J connectivity index is 1.31. The summed E-state index contributed by atoms with van der Waals surface area (Å²) in [6.45, 7) is 4.21. The van der Waals surface area contributed by atoms with Crippen molar-refractivity contribution in [2.45, 2.75) is 18.9 Å². The van der Waals surface area contributed by atoms with Gasteiger partial charge in [0.2, 0.25) is 5.95 Å². The molecule has 1 saturated heterocycles. The standard InChI is InChI=1S/C27H27ClN6O/c1-32-13-15-33(16-14-32)21-9-7-20(8-10-21)30-27-29-17-19-6-12-24(35)34(26(19)31-27)23-11-5-18-3-2-4-22(28)25(18)23/h2-4,6-10,12,17,23H,5,11,13-16H2,1H3,(H,29,30,31). The number of rotatable bonds is 4. The molecule has 1 fully saturated rings. The average Bonchev–Trinajstić information content (AvgIpc) is 3.30. The number of benzene rings is 2. The van der Waals surface area contributed by atoms with Crippen LogP contribution in [0, 0.1) is 0 Å². The van der Waals surface area contributed by atoms with Crippen LogP contribution in [0.15, 0.2) is 65.6 Å². The van der Waals surface area contributed by atoms with Crippen LogP contribution in [0.25, 0.3) is 11.0 Å². The van der Waals surface area contributed by atoms with Gasteiger partial charge in [-0.15, -0.1) is 0 Å². The van der Waals surface area contributed by atoms with E-state index in [9.17, 15) is 4.79 Å². The Kier molecular flexibility index (Phi) is 5.66. The van der Waals surface area contributed by atoms with Gasteiger partial charge in [0, 0.05) is 60.2 Å². The summed E-state index contributed by atoms with van der Waals surface area (Å²) >= 11 is 6.57. The molecule has 0 saturated carbocycles. The number of halogens is 1. The van der Waals surface area contributed by atoms with Crippen LogP contribution in [0.2, 0.25) is 5.02 Å². The lowest BCUT2D eigenvalue weighted by Crippen LogP contribution is -2.44. The zero-order valence-corrected chi connectivity index (χ0v) is 20.4. The summed E-state index contributed by atoms with van der Waals surface area (Å²) in [6, 6.07) is 17.5. The van der Waals surface area contributed by atoms with Gasteiger partial charge in [-0.3, -0.25) is 9.36 Å². The molecule has 4 aromatic rings. The molecule has 2 aromatic carbocycles. The second-order valence-corrected chi connectivity index (χ2v) is 9.75. The maximum Gasteiger partial charge on any atom is 0.252 e. The van der Waals surface area contributed by atoms with Crippen molar-refractivity contribution in [2.24, 2.45) is 0 Å². The van der Waals surface area contributed by atoms with E-state index in [1.165, 1.54) is 11.3 Å². The summed E-state index contributed by atoms with van der Waals surface area (Å²) in [6.07, 6.45) is 3.47. The molecule has 1 atom stereocenters. The summed E-state index contributed by atoms with van der Waals surface area (Å²) in [5.41, 5.74) is 4.86. The number of fused-ring (bicyclic) bond motifs is 2. The van der Waals surface area contributed by atoms with Crippen LogP contribution >= 0.6 is 11.6 Å². The minimum Gasteiger partial charge on any atom is -0.369 e. The molecule has 0 radical (unpaired) electrons. The molecular formula is C27H27ClN6O. The van der Waals surface area contributed by atoms with Crippen LogP contribution in [0.4, 0.5) is 17.3 Å². The van der Waals surface area contributed by atoms with Crippen molar-refractivity contribution in [3.05, 3.63) is 87.3 Å². The van der Waals surface area contributed by atoms with Gasteiger partial charge in [0.15, 0.2) is 0 Å². The van der Waals surface area contributed by atoms with E-state index in [1.54, 1.807) is 22.9 Å². The minimum atomic E-state index is -0.138.